The molecule has 0 heterocycles. The summed E-state index contributed by atoms with van der Waals surface area (Å²) in [6.07, 6.45) is 0. The van der Waals surface area contributed by atoms with E-state index in [1.165, 1.54) is 24.3 Å². The first-order valence-corrected chi connectivity index (χ1v) is 5.98. The van der Waals surface area contributed by atoms with E-state index in [9.17, 15) is 17.2 Å². The Kier molecular flexibility index (Phi) is 3.95. The van der Waals surface area contributed by atoms with Crippen molar-refractivity contribution in [3.8, 4) is 0 Å². The van der Waals surface area contributed by atoms with Crippen LogP contribution in [0.3, 0.4) is 0 Å². The van der Waals surface area contributed by atoms with Gasteiger partial charge in [-0.05, 0) is 12.1 Å². The van der Waals surface area contributed by atoms with E-state index in [4.69, 9.17) is 5.73 Å². The smallest absolute Gasteiger partial charge is 0.273 e. The lowest BCUT2D eigenvalue weighted by molar-refractivity contribution is 0.0170. The fourth-order valence-electron chi connectivity index (χ4n) is 0.956. The molecule has 0 radical (unpaired) electrons. The first-order valence-electron chi connectivity index (χ1n) is 4.50. The lowest BCUT2D eigenvalue weighted by Crippen LogP contribution is -2.41. The van der Waals surface area contributed by atoms with Crippen LogP contribution in [0, 0.1) is 0 Å². The third kappa shape index (κ3) is 3.51. The summed E-state index contributed by atoms with van der Waals surface area (Å²) in [6.45, 7) is -1.90. The first kappa shape index (κ1) is 13.0. The maximum Gasteiger partial charge on any atom is 0.273 e. The Bertz CT molecular complexity index is 434. The van der Waals surface area contributed by atoms with Gasteiger partial charge in [-0.1, -0.05) is 18.2 Å². The summed E-state index contributed by atoms with van der Waals surface area (Å²) in [7, 11) is -3.89. The summed E-state index contributed by atoms with van der Waals surface area (Å²) in [4.78, 5) is -0.0529. The summed E-state index contributed by atoms with van der Waals surface area (Å²) >= 11 is 0. The van der Waals surface area contributed by atoms with Crippen LogP contribution in [-0.2, 0) is 10.0 Å². The second-order valence-electron chi connectivity index (χ2n) is 3.20. The predicted octanol–water partition coefficient (Wildman–Crippen LogP) is 0.559. The van der Waals surface area contributed by atoms with E-state index in [1.54, 1.807) is 6.07 Å². The molecule has 16 heavy (non-hydrogen) atoms. The number of halogens is 2. The number of nitrogens with one attached hydrogen (secondary N) is 1. The van der Waals surface area contributed by atoms with Crippen LogP contribution in [0.2, 0.25) is 0 Å². The zero-order chi connectivity index (χ0) is 12.2. The van der Waals surface area contributed by atoms with Gasteiger partial charge in [-0.25, -0.2) is 21.9 Å². The van der Waals surface area contributed by atoms with Gasteiger partial charge in [-0.15, -0.1) is 0 Å². The van der Waals surface area contributed by atoms with Crippen LogP contribution < -0.4 is 10.5 Å². The fraction of sp³-hybridized carbons (Fsp3) is 0.333. The monoisotopic (exact) mass is 250 g/mol. The molecule has 0 saturated heterocycles. The molecule has 4 nitrogen and oxygen atoms in total. The molecule has 1 aromatic rings. The van der Waals surface area contributed by atoms with E-state index >= 15 is 0 Å². The van der Waals surface area contributed by atoms with Crippen LogP contribution in [0.4, 0.5) is 8.78 Å². The van der Waals surface area contributed by atoms with Crippen LogP contribution >= 0.6 is 0 Å². The molecule has 0 fully saturated rings. The van der Waals surface area contributed by atoms with Crippen molar-refractivity contribution in [2.75, 3.05) is 13.1 Å². The van der Waals surface area contributed by atoms with Gasteiger partial charge < -0.3 is 5.73 Å². The first-order chi connectivity index (χ1) is 7.37. The SMILES string of the molecule is NCC(F)(F)CNS(=O)(=O)c1ccccc1. The van der Waals surface area contributed by atoms with Crippen molar-refractivity contribution in [3.63, 3.8) is 0 Å². The average Bonchev–Trinajstić information content (AvgIpc) is 2.28. The molecule has 0 unspecified atom stereocenters. The molecular weight excluding hydrogens is 238 g/mol. The molecule has 0 bridgehead atoms. The molecule has 0 amide bonds. The van der Waals surface area contributed by atoms with Crippen molar-refractivity contribution in [1.82, 2.24) is 4.72 Å². The molecule has 3 N–H and O–H groups in total. The Morgan fingerprint density at radius 3 is 2.31 bits per heavy atom. The van der Waals surface area contributed by atoms with E-state index in [0.29, 0.717) is 0 Å². The molecular formula is C9H12F2N2O2S. The summed E-state index contributed by atoms with van der Waals surface area (Å²) < 4.78 is 50.3. The highest BCUT2D eigenvalue weighted by atomic mass is 32.2. The van der Waals surface area contributed by atoms with Crippen LogP contribution in [0.1, 0.15) is 0 Å². The topological polar surface area (TPSA) is 72.2 Å². The highest BCUT2D eigenvalue weighted by molar-refractivity contribution is 7.89. The molecule has 0 saturated carbocycles. The van der Waals surface area contributed by atoms with Gasteiger partial charge >= 0.3 is 0 Å². The molecule has 0 atom stereocenters. The van der Waals surface area contributed by atoms with Crippen LogP contribution in [-0.4, -0.2) is 27.4 Å². The maximum absolute atomic E-state index is 12.7. The Balaban J connectivity index is 2.75. The van der Waals surface area contributed by atoms with Gasteiger partial charge in [-0.3, -0.25) is 0 Å². The average molecular weight is 250 g/mol. The van der Waals surface area contributed by atoms with Crippen molar-refractivity contribution in [3.05, 3.63) is 30.3 Å². The number of sulfonamides is 1. The number of hydrogen-bond acceptors (Lipinski definition) is 3. The van der Waals surface area contributed by atoms with E-state index in [2.05, 4.69) is 0 Å². The van der Waals surface area contributed by atoms with Crippen molar-refractivity contribution in [1.29, 1.82) is 0 Å². The molecule has 1 aromatic carbocycles. The Morgan fingerprint density at radius 1 is 1.25 bits per heavy atom. The van der Waals surface area contributed by atoms with Crippen LogP contribution in [0.15, 0.2) is 35.2 Å². The van der Waals surface area contributed by atoms with Gasteiger partial charge in [0, 0.05) is 0 Å². The number of hydrogen-bond donors (Lipinski definition) is 2. The van der Waals surface area contributed by atoms with Crippen LogP contribution in [0.25, 0.3) is 0 Å². The Hall–Kier alpha value is -1.05. The van der Waals surface area contributed by atoms with E-state index < -0.39 is 29.0 Å². The molecule has 0 aliphatic heterocycles. The lowest BCUT2D eigenvalue weighted by atomic mass is 10.3. The highest BCUT2D eigenvalue weighted by Crippen LogP contribution is 2.12. The molecule has 0 aliphatic carbocycles. The standard InChI is InChI=1S/C9H12F2N2O2S/c10-9(11,6-12)7-13-16(14,15)8-4-2-1-3-5-8/h1-5,13H,6-7,12H2. The van der Waals surface area contributed by atoms with Crippen molar-refractivity contribution in [2.24, 2.45) is 5.73 Å². The van der Waals surface area contributed by atoms with Crippen molar-refractivity contribution >= 4 is 10.0 Å². The predicted molar refractivity (Wildman–Crippen MR) is 55.6 cm³/mol. The number of alkyl halides is 2. The lowest BCUT2D eigenvalue weighted by Gasteiger charge is -2.14. The third-order valence-electron chi connectivity index (χ3n) is 1.87. The second-order valence-corrected chi connectivity index (χ2v) is 4.96. The molecule has 90 valence electrons. The summed E-state index contributed by atoms with van der Waals surface area (Å²) in [5, 5.41) is 0. The molecule has 0 aliphatic rings. The van der Waals surface area contributed by atoms with Crippen LogP contribution in [0.5, 0.6) is 0 Å². The highest BCUT2D eigenvalue weighted by Gasteiger charge is 2.29. The fourth-order valence-corrected chi connectivity index (χ4v) is 2.04. The Labute approximate surface area is 92.5 Å². The number of nitrogens with two attached hydrogens (primary N) is 1. The summed E-state index contributed by atoms with van der Waals surface area (Å²) in [5.74, 6) is -3.23. The second kappa shape index (κ2) is 4.86. The zero-order valence-electron chi connectivity index (χ0n) is 8.36. The van der Waals surface area contributed by atoms with Crippen molar-refractivity contribution in [2.45, 2.75) is 10.8 Å². The normalized spacial score (nSPS) is 12.7. The van der Waals surface area contributed by atoms with Gasteiger partial charge in [0.1, 0.15) is 0 Å². The van der Waals surface area contributed by atoms with Gasteiger partial charge in [0.05, 0.1) is 18.0 Å². The third-order valence-corrected chi connectivity index (χ3v) is 3.29. The largest absolute Gasteiger partial charge is 0.325 e. The number of rotatable bonds is 5. The van der Waals surface area contributed by atoms with E-state index in [1.807, 2.05) is 4.72 Å². The number of benzene rings is 1. The van der Waals surface area contributed by atoms with Crippen molar-refractivity contribution < 1.29 is 17.2 Å². The molecule has 0 aromatic heterocycles. The Morgan fingerprint density at radius 2 is 1.81 bits per heavy atom. The minimum atomic E-state index is -3.89. The quantitative estimate of drug-likeness (QED) is 0.802. The van der Waals surface area contributed by atoms with E-state index in [0.717, 1.165) is 0 Å². The summed E-state index contributed by atoms with van der Waals surface area (Å²) in [5.41, 5.74) is 4.79. The van der Waals surface area contributed by atoms with Gasteiger partial charge in [-0.2, -0.15) is 0 Å². The van der Waals surface area contributed by atoms with Gasteiger partial charge in [0.15, 0.2) is 0 Å². The van der Waals surface area contributed by atoms with E-state index in [-0.39, 0.29) is 4.90 Å². The zero-order valence-corrected chi connectivity index (χ0v) is 9.18. The van der Waals surface area contributed by atoms with Gasteiger partial charge in [0.2, 0.25) is 10.0 Å². The summed E-state index contributed by atoms with van der Waals surface area (Å²) in [6, 6.07) is 7.30. The maximum atomic E-state index is 12.7. The minimum absolute atomic E-state index is 0.0529. The van der Waals surface area contributed by atoms with Gasteiger partial charge in [0.25, 0.3) is 5.92 Å². The minimum Gasteiger partial charge on any atom is -0.325 e. The molecule has 0 spiro atoms. The molecule has 7 heteroatoms. The molecule has 1 rings (SSSR count).